The smallest absolute Gasteiger partial charge is 0.308 e. The summed E-state index contributed by atoms with van der Waals surface area (Å²) in [6.07, 6.45) is 3.03. The average molecular weight is 298 g/mol. The van der Waals surface area contributed by atoms with Crippen molar-refractivity contribution < 1.29 is 23.0 Å². The number of hydrogen-bond donors (Lipinski definition) is 0. The van der Waals surface area contributed by atoms with Crippen molar-refractivity contribution in [1.82, 2.24) is 0 Å². The second kappa shape index (κ2) is 7.50. The van der Waals surface area contributed by atoms with E-state index in [0.717, 1.165) is 31.7 Å². The van der Waals surface area contributed by atoms with E-state index >= 15 is 0 Å². The van der Waals surface area contributed by atoms with E-state index in [1.54, 1.807) is 6.92 Å². The van der Waals surface area contributed by atoms with Gasteiger partial charge in [0, 0.05) is 6.07 Å². The van der Waals surface area contributed by atoms with Crippen LogP contribution in [0.25, 0.3) is 0 Å². The second-order valence-electron chi connectivity index (χ2n) is 5.31. The van der Waals surface area contributed by atoms with E-state index in [4.69, 9.17) is 9.47 Å². The predicted molar refractivity (Wildman–Crippen MR) is 73.5 cm³/mol. The van der Waals surface area contributed by atoms with Crippen molar-refractivity contribution in [2.24, 2.45) is 5.92 Å². The van der Waals surface area contributed by atoms with E-state index in [9.17, 15) is 13.6 Å². The fourth-order valence-corrected chi connectivity index (χ4v) is 2.63. The monoisotopic (exact) mass is 298 g/mol. The van der Waals surface area contributed by atoms with Crippen LogP contribution >= 0.6 is 0 Å². The molecule has 0 amide bonds. The number of benzene rings is 1. The molecule has 0 saturated heterocycles. The fourth-order valence-electron chi connectivity index (χ4n) is 2.63. The molecule has 3 nitrogen and oxygen atoms in total. The molecule has 0 aromatic heterocycles. The lowest BCUT2D eigenvalue weighted by Crippen LogP contribution is -2.27. The molecule has 21 heavy (non-hydrogen) atoms. The maximum atomic E-state index is 13.1. The normalized spacial score (nSPS) is 22.0. The van der Waals surface area contributed by atoms with Crippen molar-refractivity contribution >= 4 is 5.97 Å². The van der Waals surface area contributed by atoms with Gasteiger partial charge in [-0.25, -0.2) is 8.78 Å². The summed E-state index contributed by atoms with van der Waals surface area (Å²) in [6.45, 7) is 2.38. The molecule has 2 rings (SSSR count). The minimum atomic E-state index is -0.598. The Kier molecular flexibility index (Phi) is 5.67. The lowest BCUT2D eigenvalue weighted by atomic mass is 9.87. The van der Waals surface area contributed by atoms with Gasteiger partial charge in [0.05, 0.1) is 25.2 Å². The summed E-state index contributed by atoms with van der Waals surface area (Å²) in [6, 6.07) is 3.38. The van der Waals surface area contributed by atoms with Gasteiger partial charge in [-0.2, -0.15) is 0 Å². The Bertz CT molecular complexity index is 462. The Labute approximate surface area is 123 Å². The van der Waals surface area contributed by atoms with Gasteiger partial charge in [-0.3, -0.25) is 4.79 Å². The number of esters is 1. The van der Waals surface area contributed by atoms with Gasteiger partial charge in [0.15, 0.2) is 0 Å². The molecule has 0 heterocycles. The van der Waals surface area contributed by atoms with Crippen LogP contribution in [-0.4, -0.2) is 18.7 Å². The van der Waals surface area contributed by atoms with Crippen molar-refractivity contribution in [1.29, 1.82) is 0 Å². The summed E-state index contributed by atoms with van der Waals surface area (Å²) in [5.74, 6) is -1.38. The van der Waals surface area contributed by atoms with E-state index in [1.807, 2.05) is 0 Å². The van der Waals surface area contributed by atoms with Crippen LogP contribution < -0.4 is 0 Å². The highest BCUT2D eigenvalue weighted by Crippen LogP contribution is 2.27. The van der Waals surface area contributed by atoms with Gasteiger partial charge in [-0.05, 0) is 50.3 Å². The van der Waals surface area contributed by atoms with Crippen LogP contribution in [0.3, 0.4) is 0 Å². The van der Waals surface area contributed by atoms with E-state index in [2.05, 4.69) is 0 Å². The van der Waals surface area contributed by atoms with Crippen LogP contribution in [0.15, 0.2) is 18.2 Å². The zero-order valence-electron chi connectivity index (χ0n) is 12.1. The molecule has 0 unspecified atom stereocenters. The van der Waals surface area contributed by atoms with Gasteiger partial charge in [0.2, 0.25) is 0 Å². The molecular weight excluding hydrogens is 278 g/mol. The summed E-state index contributed by atoms with van der Waals surface area (Å²) < 4.78 is 36.8. The Morgan fingerprint density at radius 2 is 1.76 bits per heavy atom. The minimum absolute atomic E-state index is 0.0296. The summed E-state index contributed by atoms with van der Waals surface area (Å²) in [7, 11) is 0. The third-order valence-corrected chi connectivity index (χ3v) is 3.70. The van der Waals surface area contributed by atoms with Crippen molar-refractivity contribution in [3.8, 4) is 0 Å². The molecule has 1 saturated carbocycles. The second-order valence-corrected chi connectivity index (χ2v) is 5.31. The first-order valence-corrected chi connectivity index (χ1v) is 7.31. The molecule has 1 aliphatic carbocycles. The van der Waals surface area contributed by atoms with Gasteiger partial charge >= 0.3 is 5.97 Å². The third-order valence-electron chi connectivity index (χ3n) is 3.70. The molecule has 1 fully saturated rings. The lowest BCUT2D eigenvalue weighted by molar-refractivity contribution is -0.150. The van der Waals surface area contributed by atoms with Gasteiger partial charge in [0.25, 0.3) is 0 Å². The van der Waals surface area contributed by atoms with Gasteiger partial charge in [-0.15, -0.1) is 0 Å². The van der Waals surface area contributed by atoms with Crippen LogP contribution in [0.1, 0.15) is 38.2 Å². The molecule has 0 radical (unpaired) electrons. The minimum Gasteiger partial charge on any atom is -0.466 e. The summed E-state index contributed by atoms with van der Waals surface area (Å²) in [4.78, 5) is 11.6. The zero-order valence-corrected chi connectivity index (χ0v) is 12.1. The van der Waals surface area contributed by atoms with Gasteiger partial charge in [-0.1, -0.05) is 0 Å². The molecule has 5 heteroatoms. The summed E-state index contributed by atoms with van der Waals surface area (Å²) in [5, 5.41) is 0. The Morgan fingerprint density at radius 3 is 2.33 bits per heavy atom. The lowest BCUT2D eigenvalue weighted by Gasteiger charge is -2.27. The standard InChI is InChI=1S/C16H20F2O3/c1-2-20-16(19)12-3-5-15(6-4-12)21-10-11-7-13(17)9-14(18)8-11/h7-9,12,15H,2-6,10H2,1H3/t12-,15-. The highest BCUT2D eigenvalue weighted by molar-refractivity contribution is 5.72. The number of rotatable bonds is 5. The molecule has 1 aromatic carbocycles. The maximum absolute atomic E-state index is 13.1. The van der Waals surface area contributed by atoms with E-state index < -0.39 is 11.6 Å². The SMILES string of the molecule is CCOC(=O)[C@H]1CC[C@H](OCc2cc(F)cc(F)c2)CC1. The van der Waals surface area contributed by atoms with Gasteiger partial charge in [0.1, 0.15) is 11.6 Å². The van der Waals surface area contributed by atoms with Crippen LogP contribution in [0, 0.1) is 17.6 Å². The van der Waals surface area contributed by atoms with Crippen LogP contribution in [0.2, 0.25) is 0 Å². The molecular formula is C16H20F2O3. The topological polar surface area (TPSA) is 35.5 Å². The third kappa shape index (κ3) is 4.77. The average Bonchev–Trinajstić information content (AvgIpc) is 2.45. The van der Waals surface area contributed by atoms with E-state index in [1.165, 1.54) is 12.1 Å². The predicted octanol–water partition coefficient (Wildman–Crippen LogP) is 3.60. The van der Waals surface area contributed by atoms with Crippen molar-refractivity contribution in [2.75, 3.05) is 6.61 Å². The van der Waals surface area contributed by atoms with Crippen LogP contribution in [-0.2, 0) is 20.9 Å². The highest BCUT2D eigenvalue weighted by atomic mass is 19.1. The number of carbonyl (C=O) groups is 1. The Morgan fingerprint density at radius 1 is 1.14 bits per heavy atom. The Hall–Kier alpha value is -1.49. The Balaban J connectivity index is 1.77. The number of halogens is 2. The first-order valence-electron chi connectivity index (χ1n) is 7.31. The maximum Gasteiger partial charge on any atom is 0.308 e. The quantitative estimate of drug-likeness (QED) is 0.779. The molecule has 1 aromatic rings. The molecule has 116 valence electrons. The number of ether oxygens (including phenoxy) is 2. The summed E-state index contributed by atoms with van der Waals surface area (Å²) in [5.41, 5.74) is 0.486. The van der Waals surface area contributed by atoms with Crippen molar-refractivity contribution in [3.05, 3.63) is 35.4 Å². The highest BCUT2D eigenvalue weighted by Gasteiger charge is 2.27. The largest absolute Gasteiger partial charge is 0.466 e. The van der Waals surface area contributed by atoms with E-state index in [-0.39, 0.29) is 24.6 Å². The molecule has 0 N–H and O–H groups in total. The molecule has 0 atom stereocenters. The molecule has 0 aliphatic heterocycles. The summed E-state index contributed by atoms with van der Waals surface area (Å²) >= 11 is 0. The van der Waals surface area contributed by atoms with Gasteiger partial charge < -0.3 is 9.47 Å². The number of carbonyl (C=O) groups excluding carboxylic acids is 1. The van der Waals surface area contributed by atoms with Crippen LogP contribution in [0.4, 0.5) is 8.78 Å². The van der Waals surface area contributed by atoms with Crippen LogP contribution in [0.5, 0.6) is 0 Å². The van der Waals surface area contributed by atoms with Crippen molar-refractivity contribution in [2.45, 2.75) is 45.3 Å². The first kappa shape index (κ1) is 15.9. The zero-order chi connectivity index (χ0) is 15.2. The fraction of sp³-hybridized carbons (Fsp3) is 0.562. The van der Waals surface area contributed by atoms with Crippen molar-refractivity contribution in [3.63, 3.8) is 0 Å². The first-order chi connectivity index (χ1) is 10.1. The molecule has 0 bridgehead atoms. The van der Waals surface area contributed by atoms with E-state index in [0.29, 0.717) is 12.2 Å². The molecule has 0 spiro atoms. The molecule has 1 aliphatic rings. The number of hydrogen-bond acceptors (Lipinski definition) is 3.